The molecule has 5 heteroatoms. The van der Waals surface area contributed by atoms with Crippen molar-refractivity contribution in [1.82, 2.24) is 20.1 Å². The van der Waals surface area contributed by atoms with Crippen molar-refractivity contribution < 1.29 is 4.74 Å². The maximum absolute atomic E-state index is 5.86. The van der Waals surface area contributed by atoms with E-state index in [1.807, 2.05) is 6.07 Å². The van der Waals surface area contributed by atoms with Crippen molar-refractivity contribution in [3.05, 3.63) is 71.8 Å². The van der Waals surface area contributed by atoms with E-state index in [4.69, 9.17) is 4.74 Å². The number of aryl methyl sites for hydroxylation is 1. The highest BCUT2D eigenvalue weighted by Crippen LogP contribution is 2.26. The Morgan fingerprint density at radius 2 is 2.16 bits per heavy atom. The highest BCUT2D eigenvalue weighted by Gasteiger charge is 2.18. The molecule has 1 aromatic heterocycles. The second-order valence-electron chi connectivity index (χ2n) is 6.58. The molecule has 128 valence electrons. The first-order chi connectivity index (χ1) is 12.3. The first-order valence-corrected chi connectivity index (χ1v) is 8.65. The van der Waals surface area contributed by atoms with Crippen LogP contribution in [-0.4, -0.2) is 27.9 Å². The lowest BCUT2D eigenvalue weighted by atomic mass is 9.96. The van der Waals surface area contributed by atoms with Crippen LogP contribution in [-0.2, 0) is 13.0 Å². The van der Waals surface area contributed by atoms with E-state index >= 15 is 0 Å². The summed E-state index contributed by atoms with van der Waals surface area (Å²) in [6, 6.07) is 14.8. The number of benzene rings is 2. The van der Waals surface area contributed by atoms with Gasteiger partial charge < -0.3 is 10.1 Å². The molecule has 0 amide bonds. The van der Waals surface area contributed by atoms with Crippen LogP contribution in [0.1, 0.15) is 16.7 Å². The fourth-order valence-electron chi connectivity index (χ4n) is 3.36. The predicted octanol–water partition coefficient (Wildman–Crippen LogP) is 2.92. The molecule has 25 heavy (non-hydrogen) atoms. The minimum absolute atomic E-state index is 0.519. The second-order valence-corrected chi connectivity index (χ2v) is 6.58. The van der Waals surface area contributed by atoms with Crippen LogP contribution in [0.2, 0.25) is 0 Å². The predicted molar refractivity (Wildman–Crippen MR) is 96.9 cm³/mol. The minimum atomic E-state index is 0.519. The molecule has 1 atom stereocenters. The van der Waals surface area contributed by atoms with Gasteiger partial charge in [0.15, 0.2) is 0 Å². The molecule has 0 aliphatic carbocycles. The Labute approximate surface area is 147 Å². The Hall–Kier alpha value is -2.66. The number of nitrogens with one attached hydrogen (secondary N) is 1. The van der Waals surface area contributed by atoms with E-state index in [0.717, 1.165) is 37.6 Å². The molecule has 0 spiro atoms. The summed E-state index contributed by atoms with van der Waals surface area (Å²) in [6.45, 7) is 4.70. The Balaban J connectivity index is 1.33. The summed E-state index contributed by atoms with van der Waals surface area (Å²) in [4.78, 5) is 4.01. The molecule has 0 radical (unpaired) electrons. The van der Waals surface area contributed by atoms with Crippen molar-refractivity contribution in [2.75, 3.05) is 13.2 Å². The standard InChI is InChI=1S/C20H22N4O/c1-15-8-16(6-7-19(15)24-14-22-13-23-24)10-21-11-17-9-18-4-2-3-5-20(18)25-12-17/h2-8,13-14,17,21H,9-12H2,1H3. The van der Waals surface area contributed by atoms with E-state index in [0.29, 0.717) is 5.92 Å². The third-order valence-corrected chi connectivity index (χ3v) is 4.64. The number of para-hydroxylation sites is 1. The zero-order chi connectivity index (χ0) is 17.1. The van der Waals surface area contributed by atoms with Crippen LogP contribution in [0, 0.1) is 12.8 Å². The number of fused-ring (bicyclic) bond motifs is 1. The van der Waals surface area contributed by atoms with Gasteiger partial charge in [0.1, 0.15) is 18.4 Å². The maximum atomic E-state index is 5.86. The average Bonchev–Trinajstić information content (AvgIpc) is 3.16. The molecule has 0 saturated carbocycles. The zero-order valence-corrected chi connectivity index (χ0v) is 14.4. The molecule has 2 aromatic carbocycles. The van der Waals surface area contributed by atoms with E-state index in [-0.39, 0.29) is 0 Å². The lowest BCUT2D eigenvalue weighted by Gasteiger charge is -2.25. The number of nitrogens with zero attached hydrogens (tertiary/aromatic N) is 3. The molecule has 5 nitrogen and oxygen atoms in total. The Bertz CT molecular complexity index is 845. The number of aromatic nitrogens is 3. The molecule has 1 unspecified atom stereocenters. The summed E-state index contributed by atoms with van der Waals surface area (Å²) < 4.78 is 7.65. The first-order valence-electron chi connectivity index (χ1n) is 8.65. The van der Waals surface area contributed by atoms with E-state index in [9.17, 15) is 0 Å². The van der Waals surface area contributed by atoms with Crippen LogP contribution in [0.15, 0.2) is 55.1 Å². The maximum Gasteiger partial charge on any atom is 0.138 e. The molecular formula is C20H22N4O. The lowest BCUT2D eigenvalue weighted by Crippen LogP contribution is -2.31. The molecule has 0 saturated heterocycles. The molecule has 2 heterocycles. The van der Waals surface area contributed by atoms with E-state index in [1.54, 1.807) is 17.3 Å². The van der Waals surface area contributed by atoms with Gasteiger partial charge in [0.2, 0.25) is 0 Å². The van der Waals surface area contributed by atoms with Gasteiger partial charge in [0.25, 0.3) is 0 Å². The third kappa shape index (κ3) is 3.56. The van der Waals surface area contributed by atoms with Gasteiger partial charge in [-0.2, -0.15) is 5.10 Å². The van der Waals surface area contributed by atoms with Gasteiger partial charge in [-0.15, -0.1) is 0 Å². The topological polar surface area (TPSA) is 52.0 Å². The summed E-state index contributed by atoms with van der Waals surface area (Å²) >= 11 is 0. The minimum Gasteiger partial charge on any atom is -0.493 e. The van der Waals surface area contributed by atoms with Crippen molar-refractivity contribution >= 4 is 0 Å². The number of hydrogen-bond donors (Lipinski definition) is 1. The molecule has 0 bridgehead atoms. The molecule has 3 aromatic rings. The van der Waals surface area contributed by atoms with Gasteiger partial charge in [-0.25, -0.2) is 9.67 Å². The summed E-state index contributed by atoms with van der Waals surface area (Å²) in [6.07, 6.45) is 4.36. The van der Waals surface area contributed by atoms with Crippen LogP contribution in [0.25, 0.3) is 5.69 Å². The van der Waals surface area contributed by atoms with Crippen molar-refractivity contribution in [3.8, 4) is 11.4 Å². The Morgan fingerprint density at radius 3 is 3.00 bits per heavy atom. The quantitative estimate of drug-likeness (QED) is 0.779. The summed E-state index contributed by atoms with van der Waals surface area (Å²) in [5, 5.41) is 7.76. The normalized spacial score (nSPS) is 16.3. The van der Waals surface area contributed by atoms with Crippen LogP contribution < -0.4 is 10.1 Å². The zero-order valence-electron chi connectivity index (χ0n) is 14.4. The van der Waals surface area contributed by atoms with E-state index in [2.05, 4.69) is 58.7 Å². The molecule has 1 aliphatic heterocycles. The summed E-state index contributed by atoms with van der Waals surface area (Å²) in [5.74, 6) is 1.56. The van der Waals surface area contributed by atoms with Crippen molar-refractivity contribution in [2.45, 2.75) is 19.9 Å². The van der Waals surface area contributed by atoms with Gasteiger partial charge in [-0.3, -0.25) is 0 Å². The summed E-state index contributed by atoms with van der Waals surface area (Å²) in [7, 11) is 0. The molecule has 0 fully saturated rings. The number of ether oxygens (including phenoxy) is 1. The molecular weight excluding hydrogens is 312 g/mol. The average molecular weight is 334 g/mol. The van der Waals surface area contributed by atoms with Gasteiger partial charge in [-0.05, 0) is 42.2 Å². The van der Waals surface area contributed by atoms with Crippen molar-refractivity contribution in [2.24, 2.45) is 5.92 Å². The van der Waals surface area contributed by atoms with Crippen molar-refractivity contribution in [1.29, 1.82) is 0 Å². The first kappa shape index (κ1) is 15.8. The smallest absolute Gasteiger partial charge is 0.138 e. The van der Waals surface area contributed by atoms with Gasteiger partial charge in [0, 0.05) is 19.0 Å². The van der Waals surface area contributed by atoms with Gasteiger partial charge in [-0.1, -0.05) is 30.3 Å². The monoisotopic (exact) mass is 334 g/mol. The van der Waals surface area contributed by atoms with Crippen LogP contribution in [0.3, 0.4) is 0 Å². The lowest BCUT2D eigenvalue weighted by molar-refractivity contribution is 0.218. The Morgan fingerprint density at radius 1 is 1.24 bits per heavy atom. The van der Waals surface area contributed by atoms with Crippen molar-refractivity contribution in [3.63, 3.8) is 0 Å². The SMILES string of the molecule is Cc1cc(CNCC2COc3ccccc3C2)ccc1-n1cncn1. The van der Waals surface area contributed by atoms with Crippen LogP contribution >= 0.6 is 0 Å². The largest absolute Gasteiger partial charge is 0.493 e. The fourth-order valence-corrected chi connectivity index (χ4v) is 3.36. The van der Waals surface area contributed by atoms with E-state index < -0.39 is 0 Å². The van der Waals surface area contributed by atoms with Crippen LogP contribution in [0.4, 0.5) is 0 Å². The highest BCUT2D eigenvalue weighted by atomic mass is 16.5. The molecule has 1 N–H and O–H groups in total. The highest BCUT2D eigenvalue weighted by molar-refractivity contribution is 5.41. The number of rotatable bonds is 5. The van der Waals surface area contributed by atoms with Gasteiger partial charge >= 0.3 is 0 Å². The fraction of sp³-hybridized carbons (Fsp3) is 0.300. The van der Waals surface area contributed by atoms with Crippen LogP contribution in [0.5, 0.6) is 5.75 Å². The second kappa shape index (κ2) is 7.07. The molecule has 1 aliphatic rings. The van der Waals surface area contributed by atoms with Gasteiger partial charge in [0.05, 0.1) is 12.3 Å². The number of hydrogen-bond acceptors (Lipinski definition) is 4. The third-order valence-electron chi connectivity index (χ3n) is 4.64. The Kier molecular flexibility index (Phi) is 4.48. The summed E-state index contributed by atoms with van der Waals surface area (Å²) in [5.41, 5.74) is 4.85. The van der Waals surface area contributed by atoms with E-state index in [1.165, 1.54) is 16.7 Å². The molecule has 4 rings (SSSR count).